The lowest BCUT2D eigenvalue weighted by Crippen LogP contribution is -2.42. The van der Waals surface area contributed by atoms with E-state index in [1.165, 1.54) is 9.80 Å². The van der Waals surface area contributed by atoms with Crippen LogP contribution in [0.25, 0.3) is 0 Å². The van der Waals surface area contributed by atoms with Crippen molar-refractivity contribution in [3.63, 3.8) is 0 Å². The summed E-state index contributed by atoms with van der Waals surface area (Å²) in [6.07, 6.45) is 1.62. The van der Waals surface area contributed by atoms with Gasteiger partial charge >= 0.3 is 0 Å². The lowest BCUT2D eigenvalue weighted by molar-refractivity contribution is -0.131. The minimum Gasteiger partial charge on any atom is -0.391 e. The SMILES string of the molecule is CN(CC(O)C1CC1)C(=O)CN(C)C(=O)c1ccccc1. The van der Waals surface area contributed by atoms with Crippen molar-refractivity contribution in [1.82, 2.24) is 9.80 Å². The fourth-order valence-electron chi connectivity index (χ4n) is 2.21. The molecule has 5 heteroatoms. The molecule has 0 radical (unpaired) electrons. The van der Waals surface area contributed by atoms with E-state index in [4.69, 9.17) is 0 Å². The molecule has 21 heavy (non-hydrogen) atoms. The van der Waals surface area contributed by atoms with Crippen molar-refractivity contribution >= 4 is 11.8 Å². The molecule has 0 heterocycles. The van der Waals surface area contributed by atoms with E-state index in [1.807, 2.05) is 6.07 Å². The smallest absolute Gasteiger partial charge is 0.254 e. The summed E-state index contributed by atoms with van der Waals surface area (Å²) in [6.45, 7) is 0.346. The van der Waals surface area contributed by atoms with E-state index in [1.54, 1.807) is 38.4 Å². The molecule has 1 fully saturated rings. The highest BCUT2D eigenvalue weighted by atomic mass is 16.3. The molecular formula is C16H22N2O3. The minimum atomic E-state index is -0.450. The van der Waals surface area contributed by atoms with Crippen LogP contribution in [0.2, 0.25) is 0 Å². The van der Waals surface area contributed by atoms with Gasteiger partial charge in [-0.2, -0.15) is 0 Å². The van der Waals surface area contributed by atoms with Gasteiger partial charge in [0.1, 0.15) is 0 Å². The van der Waals surface area contributed by atoms with Gasteiger partial charge in [0.05, 0.1) is 12.6 Å². The van der Waals surface area contributed by atoms with E-state index >= 15 is 0 Å². The first-order valence-corrected chi connectivity index (χ1v) is 7.21. The monoisotopic (exact) mass is 290 g/mol. The molecule has 1 aliphatic carbocycles. The Hall–Kier alpha value is -1.88. The Kier molecular flexibility index (Phi) is 4.96. The van der Waals surface area contributed by atoms with Crippen LogP contribution in [0.4, 0.5) is 0 Å². The second-order valence-electron chi connectivity index (χ2n) is 5.71. The first-order chi connectivity index (χ1) is 9.99. The normalized spacial score (nSPS) is 15.4. The Balaban J connectivity index is 1.84. The van der Waals surface area contributed by atoms with Crippen LogP contribution in [0.5, 0.6) is 0 Å². The zero-order chi connectivity index (χ0) is 15.4. The van der Waals surface area contributed by atoms with Crippen molar-refractivity contribution in [2.45, 2.75) is 18.9 Å². The summed E-state index contributed by atoms with van der Waals surface area (Å²) in [5.74, 6) is -0.00879. The third kappa shape index (κ3) is 4.29. The van der Waals surface area contributed by atoms with Crippen molar-refractivity contribution < 1.29 is 14.7 Å². The third-order valence-electron chi connectivity index (χ3n) is 3.79. The highest BCUT2D eigenvalue weighted by Crippen LogP contribution is 2.32. The predicted octanol–water partition coefficient (Wildman–Crippen LogP) is 0.988. The molecule has 1 atom stereocenters. The Bertz CT molecular complexity index is 500. The molecule has 0 bridgehead atoms. The second-order valence-corrected chi connectivity index (χ2v) is 5.71. The van der Waals surface area contributed by atoms with Gasteiger partial charge in [-0.25, -0.2) is 0 Å². The number of likely N-dealkylation sites (N-methyl/N-ethyl adjacent to an activating group) is 2. The highest BCUT2D eigenvalue weighted by Gasteiger charge is 2.31. The number of rotatable bonds is 6. The fourth-order valence-corrected chi connectivity index (χ4v) is 2.21. The molecular weight excluding hydrogens is 268 g/mol. The van der Waals surface area contributed by atoms with E-state index in [-0.39, 0.29) is 18.4 Å². The molecule has 1 N–H and O–H groups in total. The largest absolute Gasteiger partial charge is 0.391 e. The Morgan fingerprint density at radius 3 is 2.38 bits per heavy atom. The number of nitrogens with zero attached hydrogens (tertiary/aromatic N) is 2. The molecule has 114 valence electrons. The number of carbonyl (C=O) groups excluding carboxylic acids is 2. The van der Waals surface area contributed by atoms with E-state index < -0.39 is 6.10 Å². The molecule has 1 aromatic rings. The molecule has 5 nitrogen and oxygen atoms in total. The average molecular weight is 290 g/mol. The van der Waals surface area contributed by atoms with Gasteiger partial charge in [0.2, 0.25) is 5.91 Å². The van der Waals surface area contributed by atoms with Gasteiger partial charge in [-0.1, -0.05) is 18.2 Å². The zero-order valence-corrected chi connectivity index (χ0v) is 12.5. The molecule has 1 saturated carbocycles. The number of hydrogen-bond donors (Lipinski definition) is 1. The van der Waals surface area contributed by atoms with E-state index in [0.717, 1.165) is 12.8 Å². The first kappa shape index (κ1) is 15.5. The van der Waals surface area contributed by atoms with Crippen molar-refractivity contribution in [2.24, 2.45) is 5.92 Å². The summed E-state index contributed by atoms with van der Waals surface area (Å²) in [5.41, 5.74) is 0.563. The van der Waals surface area contributed by atoms with Gasteiger partial charge in [0, 0.05) is 26.2 Å². The predicted molar refractivity (Wildman–Crippen MR) is 79.8 cm³/mol. The molecule has 1 unspecified atom stereocenters. The number of aliphatic hydroxyl groups excluding tert-OH is 1. The van der Waals surface area contributed by atoms with Crippen LogP contribution in [0.15, 0.2) is 30.3 Å². The van der Waals surface area contributed by atoms with E-state index in [2.05, 4.69) is 0 Å². The van der Waals surface area contributed by atoms with Crippen LogP contribution in [0.3, 0.4) is 0 Å². The molecule has 1 aliphatic rings. The lowest BCUT2D eigenvalue weighted by atomic mass is 10.2. The van der Waals surface area contributed by atoms with E-state index in [9.17, 15) is 14.7 Å². The molecule has 1 aromatic carbocycles. The summed E-state index contributed by atoms with van der Waals surface area (Å²) >= 11 is 0. The Morgan fingerprint density at radius 2 is 1.81 bits per heavy atom. The fraction of sp³-hybridized carbons (Fsp3) is 0.500. The Morgan fingerprint density at radius 1 is 1.19 bits per heavy atom. The molecule has 2 rings (SSSR count). The summed E-state index contributed by atoms with van der Waals surface area (Å²) in [4.78, 5) is 27.1. The zero-order valence-electron chi connectivity index (χ0n) is 12.5. The van der Waals surface area contributed by atoms with Crippen molar-refractivity contribution in [2.75, 3.05) is 27.2 Å². The molecule has 0 aliphatic heterocycles. The third-order valence-corrected chi connectivity index (χ3v) is 3.79. The summed E-state index contributed by atoms with van der Waals surface area (Å²) in [6, 6.07) is 8.88. The maximum Gasteiger partial charge on any atom is 0.254 e. The maximum absolute atomic E-state index is 12.1. The van der Waals surface area contributed by atoms with Crippen LogP contribution in [-0.2, 0) is 4.79 Å². The van der Waals surface area contributed by atoms with Gasteiger partial charge in [-0.15, -0.1) is 0 Å². The molecule has 0 spiro atoms. The number of carbonyl (C=O) groups is 2. The van der Waals surface area contributed by atoms with Gasteiger partial charge in [-0.05, 0) is 30.9 Å². The van der Waals surface area contributed by atoms with Gasteiger partial charge < -0.3 is 14.9 Å². The highest BCUT2D eigenvalue weighted by molar-refractivity contribution is 5.96. The minimum absolute atomic E-state index is 0.0155. The quantitative estimate of drug-likeness (QED) is 0.850. The van der Waals surface area contributed by atoms with Crippen LogP contribution in [0.1, 0.15) is 23.2 Å². The Labute approximate surface area is 125 Å². The summed E-state index contributed by atoms with van der Waals surface area (Å²) in [5, 5.41) is 9.86. The molecule has 0 saturated heterocycles. The van der Waals surface area contributed by atoms with Crippen LogP contribution >= 0.6 is 0 Å². The number of aliphatic hydroxyl groups is 1. The molecule has 2 amide bonds. The average Bonchev–Trinajstić information content (AvgIpc) is 3.31. The molecule has 0 aromatic heterocycles. The van der Waals surface area contributed by atoms with Gasteiger partial charge in [0.25, 0.3) is 5.91 Å². The first-order valence-electron chi connectivity index (χ1n) is 7.21. The lowest BCUT2D eigenvalue weighted by Gasteiger charge is -2.24. The second kappa shape index (κ2) is 6.72. The standard InChI is InChI=1S/C16H22N2O3/c1-17(10-14(19)12-8-9-12)15(20)11-18(2)16(21)13-6-4-3-5-7-13/h3-7,12,14,19H,8-11H2,1-2H3. The number of amides is 2. The van der Waals surface area contributed by atoms with Crippen molar-refractivity contribution in [3.8, 4) is 0 Å². The summed E-state index contributed by atoms with van der Waals surface area (Å²) < 4.78 is 0. The summed E-state index contributed by atoms with van der Waals surface area (Å²) in [7, 11) is 3.27. The van der Waals surface area contributed by atoms with Crippen molar-refractivity contribution in [1.29, 1.82) is 0 Å². The van der Waals surface area contributed by atoms with Crippen LogP contribution in [0, 0.1) is 5.92 Å². The van der Waals surface area contributed by atoms with Crippen molar-refractivity contribution in [3.05, 3.63) is 35.9 Å². The topological polar surface area (TPSA) is 60.9 Å². The van der Waals surface area contributed by atoms with Crippen LogP contribution < -0.4 is 0 Å². The van der Waals surface area contributed by atoms with E-state index in [0.29, 0.717) is 18.0 Å². The van der Waals surface area contributed by atoms with Crippen LogP contribution in [-0.4, -0.2) is 60.0 Å². The number of hydrogen-bond acceptors (Lipinski definition) is 3. The van der Waals surface area contributed by atoms with Gasteiger partial charge in [-0.3, -0.25) is 9.59 Å². The maximum atomic E-state index is 12.1. The number of benzene rings is 1. The van der Waals surface area contributed by atoms with Gasteiger partial charge in [0.15, 0.2) is 0 Å².